The largest absolute Gasteiger partial charge is 0.497 e. The molecule has 1 aromatic carbocycles. The van der Waals surface area contributed by atoms with E-state index < -0.39 is 0 Å². The number of hydrogen-bond donors (Lipinski definition) is 1. The van der Waals surface area contributed by atoms with Gasteiger partial charge in [-0.2, -0.15) is 0 Å². The third-order valence-electron chi connectivity index (χ3n) is 2.10. The van der Waals surface area contributed by atoms with Gasteiger partial charge in [-0.15, -0.1) is 0 Å². The number of methoxy groups -OCH3 is 2. The summed E-state index contributed by atoms with van der Waals surface area (Å²) in [4.78, 5) is 0. The quantitative estimate of drug-likeness (QED) is 0.684. The van der Waals surface area contributed by atoms with Crippen molar-refractivity contribution in [2.45, 2.75) is 0 Å². The molecule has 0 heterocycles. The Morgan fingerprint density at radius 2 is 1.75 bits per heavy atom. The highest BCUT2D eigenvalue weighted by atomic mass is 16.5. The highest BCUT2D eigenvalue weighted by molar-refractivity contribution is 5.46. The van der Waals surface area contributed by atoms with Crippen molar-refractivity contribution in [1.29, 1.82) is 0 Å². The zero-order valence-electron chi connectivity index (χ0n) is 9.86. The van der Waals surface area contributed by atoms with Gasteiger partial charge in [0.15, 0.2) is 0 Å². The number of ether oxygens (including phenoxy) is 3. The van der Waals surface area contributed by atoms with Crippen molar-refractivity contribution in [3.8, 4) is 5.75 Å². The van der Waals surface area contributed by atoms with E-state index in [0.29, 0.717) is 19.8 Å². The Hall–Kier alpha value is -1.26. The Morgan fingerprint density at radius 3 is 2.38 bits per heavy atom. The van der Waals surface area contributed by atoms with Gasteiger partial charge in [-0.25, -0.2) is 0 Å². The lowest BCUT2D eigenvalue weighted by atomic mass is 10.3. The molecule has 1 N–H and O–H groups in total. The van der Waals surface area contributed by atoms with E-state index in [9.17, 15) is 0 Å². The van der Waals surface area contributed by atoms with Gasteiger partial charge in [-0.05, 0) is 24.3 Å². The zero-order chi connectivity index (χ0) is 11.6. The lowest BCUT2D eigenvalue weighted by Gasteiger charge is -2.07. The van der Waals surface area contributed by atoms with Crippen molar-refractivity contribution < 1.29 is 14.2 Å². The molecule has 0 fully saturated rings. The molecule has 0 aliphatic rings. The first-order valence-electron chi connectivity index (χ1n) is 5.31. The average Bonchev–Trinajstić information content (AvgIpc) is 2.34. The number of rotatable bonds is 8. The average molecular weight is 225 g/mol. The monoisotopic (exact) mass is 225 g/mol. The fourth-order valence-electron chi connectivity index (χ4n) is 1.22. The molecule has 0 aliphatic carbocycles. The predicted molar refractivity (Wildman–Crippen MR) is 64.2 cm³/mol. The number of anilines is 1. The van der Waals surface area contributed by atoms with Crippen LogP contribution in [-0.4, -0.2) is 40.6 Å². The number of benzene rings is 1. The third-order valence-corrected chi connectivity index (χ3v) is 2.10. The van der Waals surface area contributed by atoms with E-state index in [2.05, 4.69) is 5.32 Å². The Balaban J connectivity index is 2.12. The van der Waals surface area contributed by atoms with Crippen molar-refractivity contribution in [2.24, 2.45) is 0 Å². The van der Waals surface area contributed by atoms with E-state index in [1.54, 1.807) is 14.2 Å². The first-order valence-corrected chi connectivity index (χ1v) is 5.31. The van der Waals surface area contributed by atoms with Crippen LogP contribution in [0.5, 0.6) is 5.75 Å². The van der Waals surface area contributed by atoms with Crippen LogP contribution in [0.1, 0.15) is 0 Å². The molecule has 4 heteroatoms. The Labute approximate surface area is 96.5 Å². The van der Waals surface area contributed by atoms with Crippen LogP contribution >= 0.6 is 0 Å². The molecule has 1 rings (SSSR count). The van der Waals surface area contributed by atoms with Crippen LogP contribution in [0, 0.1) is 0 Å². The minimum atomic E-state index is 0.640. The van der Waals surface area contributed by atoms with Gasteiger partial charge in [0.1, 0.15) is 5.75 Å². The summed E-state index contributed by atoms with van der Waals surface area (Å²) in [5, 5.41) is 3.25. The van der Waals surface area contributed by atoms with Crippen molar-refractivity contribution in [3.63, 3.8) is 0 Å². The van der Waals surface area contributed by atoms with Crippen molar-refractivity contribution in [1.82, 2.24) is 0 Å². The second-order valence-corrected chi connectivity index (χ2v) is 3.26. The van der Waals surface area contributed by atoms with E-state index >= 15 is 0 Å². The molecule has 0 bridgehead atoms. The summed E-state index contributed by atoms with van der Waals surface area (Å²) in [6.07, 6.45) is 0. The highest BCUT2D eigenvalue weighted by Gasteiger charge is 1.93. The molecular formula is C12H19NO3. The van der Waals surface area contributed by atoms with Crippen LogP contribution in [-0.2, 0) is 9.47 Å². The molecule has 0 amide bonds. The molecule has 16 heavy (non-hydrogen) atoms. The smallest absolute Gasteiger partial charge is 0.119 e. The molecule has 0 radical (unpaired) electrons. The first-order chi connectivity index (χ1) is 7.86. The normalized spacial score (nSPS) is 10.1. The third kappa shape index (κ3) is 5.00. The molecule has 0 aromatic heterocycles. The minimum Gasteiger partial charge on any atom is -0.497 e. The maximum Gasteiger partial charge on any atom is 0.119 e. The van der Waals surface area contributed by atoms with Gasteiger partial charge in [0.05, 0.1) is 26.9 Å². The summed E-state index contributed by atoms with van der Waals surface area (Å²) in [7, 11) is 3.32. The molecule has 0 aliphatic heterocycles. The second kappa shape index (κ2) is 7.96. The van der Waals surface area contributed by atoms with Gasteiger partial charge in [0.2, 0.25) is 0 Å². The van der Waals surface area contributed by atoms with Crippen LogP contribution < -0.4 is 10.1 Å². The molecule has 0 spiro atoms. The zero-order valence-corrected chi connectivity index (χ0v) is 9.86. The Morgan fingerprint density at radius 1 is 1.00 bits per heavy atom. The maximum absolute atomic E-state index is 5.33. The molecule has 0 saturated carbocycles. The van der Waals surface area contributed by atoms with E-state index in [4.69, 9.17) is 14.2 Å². The summed E-state index contributed by atoms with van der Waals surface area (Å²) in [5.74, 6) is 0.863. The molecule has 4 nitrogen and oxygen atoms in total. The number of hydrogen-bond acceptors (Lipinski definition) is 4. The van der Waals surface area contributed by atoms with Gasteiger partial charge in [-0.3, -0.25) is 0 Å². The molecule has 1 aromatic rings. The van der Waals surface area contributed by atoms with Crippen molar-refractivity contribution in [3.05, 3.63) is 24.3 Å². The fraction of sp³-hybridized carbons (Fsp3) is 0.500. The molecular weight excluding hydrogens is 206 g/mol. The SMILES string of the molecule is COCCOCCNc1ccc(OC)cc1. The van der Waals surface area contributed by atoms with Crippen molar-refractivity contribution in [2.75, 3.05) is 45.9 Å². The topological polar surface area (TPSA) is 39.7 Å². The van der Waals surface area contributed by atoms with Gasteiger partial charge in [0.25, 0.3) is 0 Å². The van der Waals surface area contributed by atoms with E-state index in [-0.39, 0.29) is 0 Å². The van der Waals surface area contributed by atoms with Crippen LogP contribution in [0.2, 0.25) is 0 Å². The summed E-state index contributed by atoms with van der Waals surface area (Å²) < 4.78 is 15.3. The number of nitrogens with one attached hydrogen (secondary N) is 1. The second-order valence-electron chi connectivity index (χ2n) is 3.26. The lowest BCUT2D eigenvalue weighted by molar-refractivity contribution is 0.0759. The standard InChI is InChI=1S/C12H19NO3/c1-14-9-10-16-8-7-13-11-3-5-12(15-2)6-4-11/h3-6,13H,7-10H2,1-2H3. The van der Waals surface area contributed by atoms with Gasteiger partial charge in [0, 0.05) is 19.3 Å². The highest BCUT2D eigenvalue weighted by Crippen LogP contribution is 2.14. The first kappa shape index (κ1) is 12.8. The van der Waals surface area contributed by atoms with Gasteiger partial charge >= 0.3 is 0 Å². The maximum atomic E-state index is 5.33. The van der Waals surface area contributed by atoms with Crippen molar-refractivity contribution >= 4 is 5.69 Å². The summed E-state index contributed by atoms with van der Waals surface area (Å²) in [6, 6.07) is 7.81. The van der Waals surface area contributed by atoms with E-state index in [1.807, 2.05) is 24.3 Å². The van der Waals surface area contributed by atoms with Crippen LogP contribution in [0.3, 0.4) is 0 Å². The summed E-state index contributed by atoms with van der Waals surface area (Å²) in [6.45, 7) is 2.74. The van der Waals surface area contributed by atoms with Gasteiger partial charge < -0.3 is 19.5 Å². The fourth-order valence-corrected chi connectivity index (χ4v) is 1.22. The van der Waals surface area contributed by atoms with Crippen LogP contribution in [0.25, 0.3) is 0 Å². The van der Waals surface area contributed by atoms with E-state index in [1.165, 1.54) is 0 Å². The summed E-state index contributed by atoms with van der Waals surface area (Å²) in [5.41, 5.74) is 1.07. The van der Waals surface area contributed by atoms with Crippen LogP contribution in [0.15, 0.2) is 24.3 Å². The van der Waals surface area contributed by atoms with Gasteiger partial charge in [-0.1, -0.05) is 0 Å². The molecule has 0 atom stereocenters. The minimum absolute atomic E-state index is 0.640. The summed E-state index contributed by atoms with van der Waals surface area (Å²) >= 11 is 0. The molecule has 0 unspecified atom stereocenters. The molecule has 90 valence electrons. The lowest BCUT2D eigenvalue weighted by Crippen LogP contribution is -2.11. The Kier molecular flexibility index (Phi) is 6.37. The molecule has 0 saturated heterocycles. The Bertz CT molecular complexity index is 274. The van der Waals surface area contributed by atoms with Crippen LogP contribution in [0.4, 0.5) is 5.69 Å². The predicted octanol–water partition coefficient (Wildman–Crippen LogP) is 1.77. The van der Waals surface area contributed by atoms with E-state index in [0.717, 1.165) is 18.0 Å².